The van der Waals surface area contributed by atoms with Gasteiger partial charge in [-0.05, 0) is 52.9 Å². The van der Waals surface area contributed by atoms with Crippen LogP contribution in [0.15, 0.2) is 66.1 Å². The summed E-state index contributed by atoms with van der Waals surface area (Å²) in [5, 5.41) is 13.5. The number of carboxylic acids is 1. The van der Waals surface area contributed by atoms with E-state index in [9.17, 15) is 9.59 Å². The van der Waals surface area contributed by atoms with E-state index in [1.165, 1.54) is 6.08 Å². The number of anilines is 2. The minimum atomic E-state index is -1.02. The van der Waals surface area contributed by atoms with Gasteiger partial charge in [0.05, 0.1) is 11.4 Å². The van der Waals surface area contributed by atoms with Gasteiger partial charge in [0, 0.05) is 16.5 Å². The summed E-state index contributed by atoms with van der Waals surface area (Å²) >= 11 is 1.61. The summed E-state index contributed by atoms with van der Waals surface area (Å²) in [5.74, 6) is -1.30. The fourth-order valence-electron chi connectivity index (χ4n) is 2.37. The fourth-order valence-corrected chi connectivity index (χ4v) is 3.09. The molecule has 3 rings (SSSR count). The molecule has 28 heavy (non-hydrogen) atoms. The minimum Gasteiger partial charge on any atom is -0.478 e. The van der Waals surface area contributed by atoms with Gasteiger partial charge in [0.15, 0.2) is 0 Å². The number of carbonyl (C=O) groups excluding carboxylic acids is 1. The zero-order valence-electron chi connectivity index (χ0n) is 15.7. The molecule has 0 aliphatic rings. The average molecular weight is 394 g/mol. The zero-order chi connectivity index (χ0) is 20.5. The van der Waals surface area contributed by atoms with Crippen molar-refractivity contribution in [1.29, 1.82) is 0 Å². The summed E-state index contributed by atoms with van der Waals surface area (Å²) in [5.41, 5.74) is 9.16. The topological polar surface area (TPSA) is 92.4 Å². The number of carbonyl (C=O) groups is 2. The Balaban J connectivity index is 0.00000136. The Morgan fingerprint density at radius 2 is 1.79 bits per heavy atom. The Morgan fingerprint density at radius 1 is 1.07 bits per heavy atom. The number of nitrogens with one attached hydrogen (secondary N) is 1. The van der Waals surface area contributed by atoms with E-state index in [-0.39, 0.29) is 5.91 Å². The van der Waals surface area contributed by atoms with Crippen molar-refractivity contribution in [3.8, 4) is 10.4 Å². The zero-order valence-corrected chi connectivity index (χ0v) is 16.5. The van der Waals surface area contributed by atoms with E-state index in [1.54, 1.807) is 41.7 Å². The first kappa shape index (κ1) is 20.9. The lowest BCUT2D eigenvalue weighted by Crippen LogP contribution is -2.13. The van der Waals surface area contributed by atoms with Gasteiger partial charge < -0.3 is 16.2 Å². The van der Waals surface area contributed by atoms with Gasteiger partial charge in [-0.2, -0.15) is 0 Å². The Morgan fingerprint density at radius 3 is 2.39 bits per heavy atom. The number of nitrogen functional groups attached to an aromatic ring is 1. The number of hydrogen-bond donors (Lipinski definition) is 3. The van der Waals surface area contributed by atoms with Crippen LogP contribution < -0.4 is 11.1 Å². The summed E-state index contributed by atoms with van der Waals surface area (Å²) in [6.07, 6.45) is 2.51. The molecule has 1 aromatic heterocycles. The van der Waals surface area contributed by atoms with Crippen molar-refractivity contribution in [3.05, 3.63) is 77.2 Å². The van der Waals surface area contributed by atoms with Crippen molar-refractivity contribution in [1.82, 2.24) is 0 Å². The first-order chi connectivity index (χ1) is 13.5. The van der Waals surface area contributed by atoms with Gasteiger partial charge in [0.1, 0.15) is 0 Å². The van der Waals surface area contributed by atoms with Crippen molar-refractivity contribution in [2.45, 2.75) is 13.8 Å². The molecular weight excluding hydrogens is 372 g/mol. The van der Waals surface area contributed by atoms with Crippen LogP contribution in [0.4, 0.5) is 11.4 Å². The Kier molecular flexibility index (Phi) is 7.54. The highest BCUT2D eigenvalue weighted by atomic mass is 32.1. The highest BCUT2D eigenvalue weighted by Crippen LogP contribution is 2.30. The van der Waals surface area contributed by atoms with Gasteiger partial charge in [-0.1, -0.05) is 38.1 Å². The summed E-state index contributed by atoms with van der Waals surface area (Å²) in [6.45, 7) is 4.00. The predicted molar refractivity (Wildman–Crippen MR) is 117 cm³/mol. The first-order valence-electron chi connectivity index (χ1n) is 8.79. The molecule has 0 saturated carbocycles. The van der Waals surface area contributed by atoms with Crippen LogP contribution in [0.25, 0.3) is 16.5 Å². The molecule has 3 aromatic rings. The van der Waals surface area contributed by atoms with Gasteiger partial charge in [-0.15, -0.1) is 11.3 Å². The third-order valence-electron chi connectivity index (χ3n) is 3.70. The summed E-state index contributed by atoms with van der Waals surface area (Å²) in [7, 11) is 0. The predicted octanol–water partition coefficient (Wildman–Crippen LogP) is 5.37. The van der Waals surface area contributed by atoms with Crippen LogP contribution in [0.2, 0.25) is 0 Å². The number of carboxylic acid groups (broad SMARTS) is 1. The van der Waals surface area contributed by atoms with E-state index in [2.05, 4.69) is 5.32 Å². The number of thiophene rings is 1. The number of hydrogen-bond acceptors (Lipinski definition) is 4. The molecule has 0 bridgehead atoms. The Hall–Kier alpha value is -3.38. The quantitative estimate of drug-likeness (QED) is 0.400. The third-order valence-corrected chi connectivity index (χ3v) is 4.62. The second-order valence-electron chi connectivity index (χ2n) is 5.53. The molecule has 0 saturated heterocycles. The second-order valence-corrected chi connectivity index (χ2v) is 6.47. The highest BCUT2D eigenvalue weighted by Gasteiger charge is 2.10. The number of amides is 1. The fraction of sp³-hybridized carbons (Fsp3) is 0.0909. The van der Waals surface area contributed by atoms with Crippen LogP contribution in [0.3, 0.4) is 0 Å². The largest absolute Gasteiger partial charge is 0.478 e. The maximum Gasteiger partial charge on any atom is 0.328 e. The van der Waals surface area contributed by atoms with Crippen LogP contribution in [0, 0.1) is 0 Å². The monoisotopic (exact) mass is 394 g/mol. The van der Waals surface area contributed by atoms with Crippen molar-refractivity contribution >= 4 is 40.7 Å². The van der Waals surface area contributed by atoms with Crippen molar-refractivity contribution in [2.24, 2.45) is 0 Å². The minimum absolute atomic E-state index is 0.284. The van der Waals surface area contributed by atoms with Crippen LogP contribution in [0.5, 0.6) is 0 Å². The van der Waals surface area contributed by atoms with Crippen molar-refractivity contribution < 1.29 is 14.7 Å². The second kappa shape index (κ2) is 10.1. The molecule has 5 nitrogen and oxygen atoms in total. The lowest BCUT2D eigenvalue weighted by molar-refractivity contribution is -0.131. The Bertz CT molecular complexity index is 962. The van der Waals surface area contributed by atoms with E-state index in [0.717, 1.165) is 16.5 Å². The molecule has 0 aliphatic heterocycles. The summed E-state index contributed by atoms with van der Waals surface area (Å²) in [6, 6.07) is 16.1. The molecule has 0 fully saturated rings. The maximum atomic E-state index is 12.5. The number of rotatable bonds is 5. The smallest absolute Gasteiger partial charge is 0.328 e. The number of benzene rings is 2. The normalized spacial score (nSPS) is 10.2. The molecule has 6 heteroatoms. The molecule has 144 valence electrons. The van der Waals surface area contributed by atoms with Gasteiger partial charge in [-0.3, -0.25) is 4.79 Å². The lowest BCUT2D eigenvalue weighted by Gasteiger charge is -2.10. The van der Waals surface area contributed by atoms with Gasteiger partial charge >= 0.3 is 5.97 Å². The van der Waals surface area contributed by atoms with Crippen LogP contribution >= 0.6 is 11.3 Å². The van der Waals surface area contributed by atoms with E-state index < -0.39 is 5.97 Å². The van der Waals surface area contributed by atoms with Crippen LogP contribution in [0.1, 0.15) is 29.8 Å². The molecule has 4 N–H and O–H groups in total. The molecule has 0 unspecified atom stereocenters. The lowest BCUT2D eigenvalue weighted by atomic mass is 10.1. The number of aliphatic carboxylic acids is 1. The molecule has 1 amide bonds. The van der Waals surface area contributed by atoms with Gasteiger partial charge in [0.25, 0.3) is 5.91 Å². The van der Waals surface area contributed by atoms with E-state index >= 15 is 0 Å². The third kappa shape index (κ3) is 5.56. The van der Waals surface area contributed by atoms with Crippen molar-refractivity contribution in [3.63, 3.8) is 0 Å². The highest BCUT2D eigenvalue weighted by molar-refractivity contribution is 7.13. The van der Waals surface area contributed by atoms with Crippen LogP contribution in [-0.2, 0) is 4.79 Å². The molecule has 0 aliphatic carbocycles. The van der Waals surface area contributed by atoms with E-state index in [4.69, 9.17) is 10.8 Å². The number of nitrogens with two attached hydrogens (primary N) is 1. The average Bonchev–Trinajstić information content (AvgIpc) is 3.25. The maximum absolute atomic E-state index is 12.5. The van der Waals surface area contributed by atoms with E-state index in [0.29, 0.717) is 22.5 Å². The van der Waals surface area contributed by atoms with Crippen LogP contribution in [-0.4, -0.2) is 17.0 Å². The molecular formula is C22H22N2O3S. The standard InChI is InChI=1S/C20H16N2O3S.C2H6/c21-16-9-8-15(18-2-1-11-26-18)12-17(16)22-20(25)14-6-3-13(4-7-14)5-10-19(23)24;1-2/h1-12H,21H2,(H,22,25)(H,23,24);1-2H3/b10-5+;. The molecule has 0 radical (unpaired) electrons. The summed E-state index contributed by atoms with van der Waals surface area (Å²) in [4.78, 5) is 24.1. The Labute approximate surface area is 168 Å². The SMILES string of the molecule is CC.Nc1ccc(-c2cccs2)cc1NC(=O)c1ccc(/C=C/C(=O)O)cc1. The summed E-state index contributed by atoms with van der Waals surface area (Å²) < 4.78 is 0. The van der Waals surface area contributed by atoms with Crippen molar-refractivity contribution in [2.75, 3.05) is 11.1 Å². The van der Waals surface area contributed by atoms with E-state index in [1.807, 2.05) is 43.5 Å². The molecule has 0 atom stereocenters. The van der Waals surface area contributed by atoms with Gasteiger partial charge in [0.2, 0.25) is 0 Å². The molecule has 1 heterocycles. The molecule has 0 spiro atoms. The van der Waals surface area contributed by atoms with Gasteiger partial charge in [-0.25, -0.2) is 4.79 Å². The molecule has 2 aromatic carbocycles. The first-order valence-corrected chi connectivity index (χ1v) is 9.67.